The topological polar surface area (TPSA) is 47.9 Å². The van der Waals surface area contributed by atoms with Crippen molar-refractivity contribution in [1.29, 1.82) is 0 Å². The normalized spacial score (nSPS) is 44.9. The Morgan fingerprint density at radius 3 is 2.38 bits per heavy atom. The Morgan fingerprint density at radius 2 is 1.68 bits per heavy atom. The van der Waals surface area contributed by atoms with Crippen LogP contribution >= 0.6 is 0 Å². The maximum atomic E-state index is 11.8. The van der Waals surface area contributed by atoms with Gasteiger partial charge in [0.2, 0.25) is 0 Å². The first-order valence-corrected chi connectivity index (χ1v) is 20.3. The summed E-state index contributed by atoms with van der Waals surface area (Å²) in [4.78, 5) is 0. The van der Waals surface area contributed by atoms with E-state index in [1.807, 2.05) is 0 Å². The minimum atomic E-state index is -1.66. The van der Waals surface area contributed by atoms with Crippen molar-refractivity contribution in [3.63, 3.8) is 0 Å². The van der Waals surface area contributed by atoms with Crippen LogP contribution in [-0.4, -0.2) is 45.1 Å². The molecular formula is C35H64O4Si. The van der Waals surface area contributed by atoms with Gasteiger partial charge in [0, 0.05) is 13.2 Å². The molecule has 5 heteroatoms. The van der Waals surface area contributed by atoms with Gasteiger partial charge in [0.1, 0.15) is 0 Å². The molecule has 0 aromatic carbocycles. The van der Waals surface area contributed by atoms with Gasteiger partial charge in [-0.05, 0) is 148 Å². The molecule has 232 valence electrons. The molecule has 11 atom stereocenters. The molecule has 1 aliphatic heterocycles. The molecule has 0 radical (unpaired) electrons. The van der Waals surface area contributed by atoms with Crippen LogP contribution < -0.4 is 0 Å². The third-order valence-electron chi connectivity index (χ3n) is 14.0. The summed E-state index contributed by atoms with van der Waals surface area (Å²) >= 11 is 0. The van der Waals surface area contributed by atoms with Gasteiger partial charge in [-0.2, -0.15) is 0 Å². The fraction of sp³-hybridized carbons (Fsp3) is 1.00. The quantitative estimate of drug-likeness (QED) is 0.178. The van der Waals surface area contributed by atoms with E-state index in [1.54, 1.807) is 0 Å². The molecule has 40 heavy (non-hydrogen) atoms. The molecule has 1 heterocycles. The summed E-state index contributed by atoms with van der Waals surface area (Å²) in [6.07, 6.45) is 16.0. The first kappa shape index (κ1) is 31.5. The fourth-order valence-corrected chi connectivity index (χ4v) is 11.6. The van der Waals surface area contributed by atoms with Crippen molar-refractivity contribution in [3.8, 4) is 0 Å². The second kappa shape index (κ2) is 11.9. The lowest BCUT2D eigenvalue weighted by Gasteiger charge is -2.62. The van der Waals surface area contributed by atoms with Crippen LogP contribution in [0.3, 0.4) is 0 Å². The SMILES string of the molecule is C[C@@H](CCCO[Si](C)(C)C(C)(C)C)[C@H]1CCC2C3C(CC[C@@]21C)[C@@]1(C)CC[C@H](OC2CCCCO2)CC1C[C@@H]3O. The molecule has 5 aliphatic rings. The molecule has 1 saturated heterocycles. The van der Waals surface area contributed by atoms with Crippen molar-refractivity contribution in [2.75, 3.05) is 13.2 Å². The van der Waals surface area contributed by atoms with E-state index < -0.39 is 8.32 Å². The molecule has 5 rings (SSSR count). The molecule has 0 spiro atoms. The highest BCUT2D eigenvalue weighted by Gasteiger charge is 2.63. The Kier molecular flexibility index (Phi) is 9.34. The van der Waals surface area contributed by atoms with Crippen LogP contribution in [0.25, 0.3) is 0 Å². The maximum Gasteiger partial charge on any atom is 0.191 e. The fourth-order valence-electron chi connectivity index (χ4n) is 10.5. The highest BCUT2D eigenvalue weighted by atomic mass is 28.4. The standard InChI is InChI=1S/C35H64O4Si/c1-24(12-11-21-38-40(7,8)33(2,3)4)27-14-15-28-32-29(17-19-35(27,28)6)34(5)18-16-26(22-25(34)23-30(32)36)39-31-13-9-10-20-37-31/h24-32,36H,9-23H2,1-8H3/t24-,25?,26-,27+,28?,29?,30-,31?,32?,34-,35+/m0/s1. The van der Waals surface area contributed by atoms with Crippen molar-refractivity contribution in [3.05, 3.63) is 0 Å². The van der Waals surface area contributed by atoms with Crippen molar-refractivity contribution in [2.24, 2.45) is 46.3 Å². The second-order valence-corrected chi connectivity index (χ2v) is 21.9. The van der Waals surface area contributed by atoms with Gasteiger partial charge in [-0.25, -0.2) is 0 Å². The number of hydrogen-bond acceptors (Lipinski definition) is 4. The van der Waals surface area contributed by atoms with Crippen LogP contribution in [-0.2, 0) is 13.9 Å². The molecule has 0 amide bonds. The van der Waals surface area contributed by atoms with Crippen LogP contribution in [0, 0.1) is 46.3 Å². The van der Waals surface area contributed by atoms with Gasteiger partial charge in [-0.1, -0.05) is 41.5 Å². The van der Waals surface area contributed by atoms with Crippen molar-refractivity contribution in [2.45, 2.75) is 162 Å². The van der Waals surface area contributed by atoms with Crippen LogP contribution in [0.15, 0.2) is 0 Å². The maximum absolute atomic E-state index is 11.8. The average molecular weight is 577 g/mol. The number of fused-ring (bicyclic) bond motifs is 5. The van der Waals surface area contributed by atoms with Crippen LogP contribution in [0.2, 0.25) is 18.1 Å². The Morgan fingerprint density at radius 1 is 0.950 bits per heavy atom. The first-order chi connectivity index (χ1) is 18.8. The predicted octanol–water partition coefficient (Wildman–Crippen LogP) is 8.97. The zero-order valence-electron chi connectivity index (χ0n) is 27.5. The van der Waals surface area contributed by atoms with E-state index in [9.17, 15) is 5.11 Å². The lowest BCUT2D eigenvalue weighted by atomic mass is 9.43. The predicted molar refractivity (Wildman–Crippen MR) is 167 cm³/mol. The number of aliphatic hydroxyl groups excluding tert-OH is 1. The Labute approximate surface area is 248 Å². The molecule has 0 aromatic rings. The molecule has 4 nitrogen and oxygen atoms in total. The van der Waals surface area contributed by atoms with Gasteiger partial charge < -0.3 is 19.0 Å². The third kappa shape index (κ3) is 5.91. The molecule has 5 unspecified atom stereocenters. The zero-order valence-corrected chi connectivity index (χ0v) is 28.5. The summed E-state index contributed by atoms with van der Waals surface area (Å²) in [5, 5.41) is 12.1. The summed E-state index contributed by atoms with van der Waals surface area (Å²) in [6.45, 7) is 21.3. The number of ether oxygens (including phenoxy) is 2. The van der Waals surface area contributed by atoms with Crippen LogP contribution in [0.4, 0.5) is 0 Å². The minimum absolute atomic E-state index is 0.00999. The van der Waals surface area contributed by atoms with Crippen molar-refractivity contribution < 1.29 is 19.0 Å². The van der Waals surface area contributed by atoms with Gasteiger partial charge in [0.25, 0.3) is 0 Å². The van der Waals surface area contributed by atoms with Gasteiger partial charge in [-0.15, -0.1) is 0 Å². The second-order valence-electron chi connectivity index (χ2n) is 17.1. The Bertz CT molecular complexity index is 849. The Hall–Kier alpha value is 0.0569. The first-order valence-electron chi connectivity index (χ1n) is 17.4. The lowest BCUT2D eigenvalue weighted by molar-refractivity contribution is -0.221. The molecule has 0 bridgehead atoms. The minimum Gasteiger partial charge on any atom is -0.417 e. The summed E-state index contributed by atoms with van der Waals surface area (Å²) in [5.41, 5.74) is 0.757. The highest BCUT2D eigenvalue weighted by molar-refractivity contribution is 6.74. The molecule has 4 aliphatic carbocycles. The van der Waals surface area contributed by atoms with Gasteiger partial charge in [0.05, 0.1) is 12.2 Å². The molecular weight excluding hydrogens is 512 g/mol. The number of hydrogen-bond donors (Lipinski definition) is 1. The number of aliphatic hydroxyl groups is 1. The third-order valence-corrected chi connectivity index (χ3v) is 18.5. The lowest BCUT2D eigenvalue weighted by Crippen LogP contribution is -2.59. The zero-order chi connectivity index (χ0) is 28.9. The van der Waals surface area contributed by atoms with Crippen LogP contribution in [0.5, 0.6) is 0 Å². The summed E-state index contributed by atoms with van der Waals surface area (Å²) in [6, 6.07) is 0. The van der Waals surface area contributed by atoms with E-state index >= 15 is 0 Å². The summed E-state index contributed by atoms with van der Waals surface area (Å²) in [5.74, 6) is 4.00. The van der Waals surface area contributed by atoms with E-state index in [4.69, 9.17) is 13.9 Å². The molecule has 1 N–H and O–H groups in total. The van der Waals surface area contributed by atoms with E-state index in [2.05, 4.69) is 54.6 Å². The van der Waals surface area contributed by atoms with Crippen molar-refractivity contribution >= 4 is 8.32 Å². The molecule has 4 saturated carbocycles. The number of rotatable bonds is 8. The smallest absolute Gasteiger partial charge is 0.191 e. The molecule has 5 fully saturated rings. The monoisotopic (exact) mass is 576 g/mol. The van der Waals surface area contributed by atoms with E-state index in [0.29, 0.717) is 40.6 Å². The van der Waals surface area contributed by atoms with Gasteiger partial charge in [0.15, 0.2) is 14.6 Å². The van der Waals surface area contributed by atoms with Gasteiger partial charge in [-0.3, -0.25) is 0 Å². The average Bonchev–Trinajstić information content (AvgIpc) is 3.24. The highest BCUT2D eigenvalue weighted by Crippen LogP contribution is 2.68. The Balaban J connectivity index is 1.19. The van der Waals surface area contributed by atoms with E-state index in [0.717, 1.165) is 44.3 Å². The van der Waals surface area contributed by atoms with Crippen molar-refractivity contribution in [1.82, 2.24) is 0 Å². The van der Waals surface area contributed by atoms with E-state index in [1.165, 1.54) is 64.2 Å². The largest absolute Gasteiger partial charge is 0.417 e. The van der Waals surface area contributed by atoms with Crippen LogP contribution in [0.1, 0.15) is 125 Å². The summed E-state index contributed by atoms with van der Waals surface area (Å²) in [7, 11) is -1.66. The molecule has 0 aromatic heterocycles. The van der Waals surface area contributed by atoms with E-state index in [-0.39, 0.29) is 17.4 Å². The van der Waals surface area contributed by atoms with Gasteiger partial charge >= 0.3 is 0 Å². The summed E-state index contributed by atoms with van der Waals surface area (Å²) < 4.78 is 18.9.